The number of ether oxygens (including phenoxy) is 1. The first-order chi connectivity index (χ1) is 11.0. The molecule has 0 aliphatic rings. The third-order valence-corrected chi connectivity index (χ3v) is 3.75. The summed E-state index contributed by atoms with van der Waals surface area (Å²) in [5.41, 5.74) is 1.84. The highest BCUT2D eigenvalue weighted by Crippen LogP contribution is 2.20. The molecule has 122 valence electrons. The topological polar surface area (TPSA) is 38.3 Å². The Labute approximate surface area is 136 Å². The third kappa shape index (κ3) is 4.55. The minimum Gasteiger partial charge on any atom is -0.480 e. The Morgan fingerprint density at radius 1 is 1.17 bits per heavy atom. The summed E-state index contributed by atoms with van der Waals surface area (Å²) in [5, 5.41) is 2.92. The Balaban J connectivity index is 2.02. The number of aryl methyl sites for hydroxylation is 1. The number of carbonyl (C=O) groups is 1. The van der Waals surface area contributed by atoms with Crippen molar-refractivity contribution >= 4 is 5.91 Å². The molecule has 2 rings (SSSR count). The van der Waals surface area contributed by atoms with Crippen molar-refractivity contribution in [1.29, 1.82) is 0 Å². The van der Waals surface area contributed by atoms with Crippen LogP contribution in [0.3, 0.4) is 0 Å². The van der Waals surface area contributed by atoms with Gasteiger partial charge in [0.05, 0.1) is 6.04 Å². The van der Waals surface area contributed by atoms with Crippen molar-refractivity contribution in [1.82, 2.24) is 5.32 Å². The van der Waals surface area contributed by atoms with Gasteiger partial charge in [0.1, 0.15) is 11.6 Å². The largest absolute Gasteiger partial charge is 0.480 e. The van der Waals surface area contributed by atoms with Gasteiger partial charge in [0, 0.05) is 0 Å². The van der Waals surface area contributed by atoms with Gasteiger partial charge in [0.15, 0.2) is 6.10 Å². The third-order valence-electron chi connectivity index (χ3n) is 3.75. The van der Waals surface area contributed by atoms with E-state index in [0.717, 1.165) is 11.1 Å². The maximum atomic E-state index is 13.0. The summed E-state index contributed by atoms with van der Waals surface area (Å²) in [6, 6.07) is 13.5. The molecule has 0 spiro atoms. The van der Waals surface area contributed by atoms with Crippen molar-refractivity contribution in [2.24, 2.45) is 0 Å². The van der Waals surface area contributed by atoms with Gasteiger partial charge in [0.25, 0.3) is 5.91 Å². The van der Waals surface area contributed by atoms with Crippen LogP contribution in [0.5, 0.6) is 5.75 Å². The van der Waals surface area contributed by atoms with E-state index in [1.165, 1.54) is 12.1 Å². The molecule has 0 unspecified atom stereocenters. The van der Waals surface area contributed by atoms with Crippen molar-refractivity contribution in [2.75, 3.05) is 0 Å². The summed E-state index contributed by atoms with van der Waals surface area (Å²) in [4.78, 5) is 12.4. The van der Waals surface area contributed by atoms with Crippen LogP contribution in [0.25, 0.3) is 0 Å². The molecule has 0 radical (unpaired) electrons. The minimum atomic E-state index is -0.556. The number of rotatable bonds is 6. The molecule has 0 saturated heterocycles. The maximum absolute atomic E-state index is 13.0. The van der Waals surface area contributed by atoms with Crippen molar-refractivity contribution < 1.29 is 13.9 Å². The molecule has 0 aliphatic heterocycles. The smallest absolute Gasteiger partial charge is 0.261 e. The second-order valence-electron chi connectivity index (χ2n) is 5.56. The summed E-state index contributed by atoms with van der Waals surface area (Å²) in [7, 11) is 0. The molecule has 2 aromatic rings. The van der Waals surface area contributed by atoms with Crippen LogP contribution >= 0.6 is 0 Å². The predicted molar refractivity (Wildman–Crippen MR) is 88.8 cm³/mol. The van der Waals surface area contributed by atoms with Crippen molar-refractivity contribution in [3.63, 3.8) is 0 Å². The minimum absolute atomic E-state index is 0.174. The number of hydrogen-bond acceptors (Lipinski definition) is 2. The molecule has 2 aromatic carbocycles. The fourth-order valence-corrected chi connectivity index (χ4v) is 2.31. The number of benzene rings is 2. The van der Waals surface area contributed by atoms with E-state index < -0.39 is 6.10 Å². The SMILES string of the molecule is CC[C@H](Oc1ccccc1C)C(=O)N[C@@H](C)c1ccc(F)cc1. The van der Waals surface area contributed by atoms with E-state index in [9.17, 15) is 9.18 Å². The van der Waals surface area contributed by atoms with Crippen LogP contribution in [-0.4, -0.2) is 12.0 Å². The van der Waals surface area contributed by atoms with Crippen molar-refractivity contribution in [3.05, 3.63) is 65.5 Å². The lowest BCUT2D eigenvalue weighted by Gasteiger charge is -2.21. The molecule has 1 amide bonds. The molecule has 0 fully saturated rings. The van der Waals surface area contributed by atoms with E-state index in [1.54, 1.807) is 12.1 Å². The zero-order chi connectivity index (χ0) is 16.8. The van der Waals surface area contributed by atoms with Crippen molar-refractivity contribution in [3.8, 4) is 5.75 Å². The van der Waals surface area contributed by atoms with Gasteiger partial charge in [-0.3, -0.25) is 4.79 Å². The summed E-state index contributed by atoms with van der Waals surface area (Å²) in [6.07, 6.45) is 0.00930. The standard InChI is InChI=1S/C19H22FNO2/c1-4-17(23-18-8-6-5-7-13(18)2)19(22)21-14(3)15-9-11-16(20)12-10-15/h5-12,14,17H,4H2,1-3H3,(H,21,22)/t14-,17-/m0/s1. The first-order valence-corrected chi connectivity index (χ1v) is 7.79. The number of nitrogens with one attached hydrogen (secondary N) is 1. The average molecular weight is 315 g/mol. The van der Waals surface area contributed by atoms with Gasteiger partial charge in [0.2, 0.25) is 0 Å². The van der Waals surface area contributed by atoms with Gasteiger partial charge in [-0.1, -0.05) is 37.3 Å². The van der Waals surface area contributed by atoms with Crippen LogP contribution in [0, 0.1) is 12.7 Å². The molecular formula is C19H22FNO2. The van der Waals surface area contributed by atoms with E-state index in [1.807, 2.05) is 45.0 Å². The van der Waals surface area contributed by atoms with Crippen LogP contribution < -0.4 is 10.1 Å². The van der Waals surface area contributed by atoms with Gasteiger partial charge in [-0.2, -0.15) is 0 Å². The Kier molecular flexibility index (Phi) is 5.74. The zero-order valence-electron chi connectivity index (χ0n) is 13.7. The molecular weight excluding hydrogens is 293 g/mol. The lowest BCUT2D eigenvalue weighted by atomic mass is 10.1. The van der Waals surface area contributed by atoms with E-state index >= 15 is 0 Å². The van der Waals surface area contributed by atoms with E-state index in [0.29, 0.717) is 12.2 Å². The Hall–Kier alpha value is -2.36. The molecule has 0 aliphatic carbocycles. The van der Waals surface area contributed by atoms with Crippen LogP contribution in [-0.2, 0) is 4.79 Å². The summed E-state index contributed by atoms with van der Waals surface area (Å²) >= 11 is 0. The van der Waals surface area contributed by atoms with E-state index in [4.69, 9.17) is 4.74 Å². The monoisotopic (exact) mass is 315 g/mol. The number of amides is 1. The molecule has 3 nitrogen and oxygen atoms in total. The van der Waals surface area contributed by atoms with Crippen LogP contribution in [0.4, 0.5) is 4.39 Å². The highest BCUT2D eigenvalue weighted by atomic mass is 19.1. The molecule has 2 atom stereocenters. The summed E-state index contributed by atoms with van der Waals surface area (Å²) in [5.74, 6) is 0.248. The van der Waals surface area contributed by atoms with E-state index in [-0.39, 0.29) is 17.8 Å². The van der Waals surface area contributed by atoms with Gasteiger partial charge in [-0.15, -0.1) is 0 Å². The van der Waals surface area contributed by atoms with Crippen molar-refractivity contribution in [2.45, 2.75) is 39.3 Å². The Bertz CT molecular complexity index is 655. The zero-order valence-corrected chi connectivity index (χ0v) is 13.7. The first-order valence-electron chi connectivity index (χ1n) is 7.79. The second-order valence-corrected chi connectivity index (χ2v) is 5.56. The van der Waals surface area contributed by atoms with Gasteiger partial charge < -0.3 is 10.1 Å². The molecule has 0 heterocycles. The van der Waals surface area contributed by atoms with Crippen LogP contribution in [0.1, 0.15) is 37.4 Å². The van der Waals surface area contributed by atoms with Gasteiger partial charge in [-0.05, 0) is 49.6 Å². The lowest BCUT2D eigenvalue weighted by molar-refractivity contribution is -0.128. The van der Waals surface area contributed by atoms with Crippen LogP contribution in [0.15, 0.2) is 48.5 Å². The highest BCUT2D eigenvalue weighted by molar-refractivity contribution is 5.81. The molecule has 23 heavy (non-hydrogen) atoms. The molecule has 4 heteroatoms. The van der Waals surface area contributed by atoms with Gasteiger partial charge in [-0.25, -0.2) is 4.39 Å². The number of para-hydroxylation sites is 1. The Morgan fingerprint density at radius 2 is 1.83 bits per heavy atom. The fraction of sp³-hybridized carbons (Fsp3) is 0.316. The maximum Gasteiger partial charge on any atom is 0.261 e. The molecule has 0 saturated carbocycles. The summed E-state index contributed by atoms with van der Waals surface area (Å²) in [6.45, 7) is 5.72. The number of hydrogen-bond donors (Lipinski definition) is 1. The second kappa shape index (κ2) is 7.77. The normalized spacial score (nSPS) is 13.2. The number of carbonyl (C=O) groups excluding carboxylic acids is 1. The average Bonchev–Trinajstić information content (AvgIpc) is 2.54. The first kappa shape index (κ1) is 17.0. The lowest BCUT2D eigenvalue weighted by Crippen LogP contribution is -2.39. The highest BCUT2D eigenvalue weighted by Gasteiger charge is 2.21. The number of halogens is 1. The van der Waals surface area contributed by atoms with Crippen LogP contribution in [0.2, 0.25) is 0 Å². The van der Waals surface area contributed by atoms with Gasteiger partial charge >= 0.3 is 0 Å². The van der Waals surface area contributed by atoms with E-state index in [2.05, 4.69) is 5.32 Å². The molecule has 1 N–H and O–H groups in total. The predicted octanol–water partition coefficient (Wildman–Crippen LogP) is 4.17. The quantitative estimate of drug-likeness (QED) is 0.869. The Morgan fingerprint density at radius 3 is 2.43 bits per heavy atom. The summed E-state index contributed by atoms with van der Waals surface area (Å²) < 4.78 is 18.8. The molecule has 0 bridgehead atoms. The fourth-order valence-electron chi connectivity index (χ4n) is 2.31. The molecule has 0 aromatic heterocycles.